The summed E-state index contributed by atoms with van der Waals surface area (Å²) < 4.78 is 25.0. The number of methoxy groups -OCH3 is 1. The second kappa shape index (κ2) is 6.55. The van der Waals surface area contributed by atoms with E-state index < -0.39 is 0 Å². The van der Waals surface area contributed by atoms with Gasteiger partial charge in [-0.25, -0.2) is 4.39 Å². The Labute approximate surface area is 135 Å². The summed E-state index contributed by atoms with van der Waals surface area (Å²) in [6.07, 6.45) is 1.99. The van der Waals surface area contributed by atoms with Crippen molar-refractivity contribution in [2.24, 2.45) is 0 Å². The molecule has 0 radical (unpaired) electrons. The van der Waals surface area contributed by atoms with E-state index in [4.69, 9.17) is 9.47 Å². The maximum atomic E-state index is 13.5. The quantitative estimate of drug-likeness (QED) is 0.921. The van der Waals surface area contributed by atoms with Gasteiger partial charge < -0.3 is 14.8 Å². The number of hydrogen-bond acceptors (Lipinski definition) is 4. The lowest BCUT2D eigenvalue weighted by atomic mass is 9.97. The number of nitrogens with zero attached hydrogens (tertiary/aromatic N) is 1. The summed E-state index contributed by atoms with van der Waals surface area (Å²) in [6, 6.07) is 4.69. The fraction of sp³-hybridized carbons (Fsp3) is 0.588. The maximum absolute atomic E-state index is 13.5. The normalized spacial score (nSPS) is 27.7. The van der Waals surface area contributed by atoms with Gasteiger partial charge in [0.25, 0.3) is 0 Å². The lowest BCUT2D eigenvalue weighted by Gasteiger charge is -2.28. The van der Waals surface area contributed by atoms with Crippen LogP contribution < -0.4 is 5.32 Å². The van der Waals surface area contributed by atoms with E-state index in [-0.39, 0.29) is 30.0 Å². The third kappa shape index (κ3) is 3.24. The van der Waals surface area contributed by atoms with Crippen molar-refractivity contribution in [3.8, 4) is 0 Å². The Kier molecular flexibility index (Phi) is 4.66. The van der Waals surface area contributed by atoms with Crippen LogP contribution in [0.2, 0.25) is 0 Å². The lowest BCUT2D eigenvalue weighted by Crippen LogP contribution is -2.42. The van der Waals surface area contributed by atoms with Gasteiger partial charge >= 0.3 is 0 Å². The zero-order chi connectivity index (χ0) is 16.4. The van der Waals surface area contributed by atoms with Gasteiger partial charge in [-0.15, -0.1) is 0 Å². The zero-order valence-electron chi connectivity index (χ0n) is 13.6. The van der Waals surface area contributed by atoms with Crippen LogP contribution >= 0.6 is 0 Å². The predicted molar refractivity (Wildman–Crippen MR) is 84.9 cm³/mol. The van der Waals surface area contributed by atoms with Gasteiger partial charge in [0.05, 0.1) is 12.6 Å². The van der Waals surface area contributed by atoms with Gasteiger partial charge in [0, 0.05) is 38.1 Å². The molecule has 126 valence electrons. The molecule has 2 atom stereocenters. The minimum atomic E-state index is -0.318. The maximum Gasteiger partial charge on any atom is 0.238 e. The van der Waals surface area contributed by atoms with Crippen LogP contribution in [0.25, 0.3) is 0 Å². The van der Waals surface area contributed by atoms with E-state index in [1.807, 2.05) is 4.90 Å². The van der Waals surface area contributed by atoms with E-state index in [9.17, 15) is 9.18 Å². The Morgan fingerprint density at radius 3 is 3.09 bits per heavy atom. The summed E-state index contributed by atoms with van der Waals surface area (Å²) in [7, 11) is 1.69. The number of hydrogen-bond donors (Lipinski definition) is 1. The highest BCUT2D eigenvalue weighted by molar-refractivity contribution is 5.93. The van der Waals surface area contributed by atoms with E-state index in [1.165, 1.54) is 6.07 Å². The van der Waals surface area contributed by atoms with Crippen molar-refractivity contribution in [3.05, 3.63) is 29.6 Å². The van der Waals surface area contributed by atoms with Crippen LogP contribution in [0.15, 0.2) is 18.2 Å². The molecule has 0 bridgehead atoms. The van der Waals surface area contributed by atoms with Crippen LogP contribution in [0.3, 0.4) is 0 Å². The van der Waals surface area contributed by atoms with Crippen molar-refractivity contribution in [1.82, 2.24) is 4.90 Å². The monoisotopic (exact) mass is 322 g/mol. The molecule has 0 aromatic heterocycles. The number of likely N-dealkylation sites (tertiary alicyclic amines) is 1. The first-order valence-corrected chi connectivity index (χ1v) is 7.98. The summed E-state index contributed by atoms with van der Waals surface area (Å²) in [4.78, 5) is 14.3. The fourth-order valence-corrected chi connectivity index (χ4v) is 3.59. The highest BCUT2D eigenvalue weighted by Gasteiger charge is 2.50. The molecule has 1 spiro atoms. The molecule has 2 fully saturated rings. The van der Waals surface area contributed by atoms with Crippen molar-refractivity contribution in [2.45, 2.75) is 31.5 Å². The first-order chi connectivity index (χ1) is 11.0. The average molecular weight is 322 g/mol. The molecule has 1 aromatic rings. The van der Waals surface area contributed by atoms with Crippen LogP contribution in [0, 0.1) is 12.7 Å². The molecule has 3 rings (SSSR count). The van der Waals surface area contributed by atoms with Crippen LogP contribution in [0.1, 0.15) is 18.4 Å². The second-order valence-electron chi connectivity index (χ2n) is 6.37. The number of halogens is 1. The number of ether oxygens (including phenoxy) is 2. The molecule has 2 heterocycles. The number of anilines is 1. The number of benzene rings is 1. The predicted octanol–water partition coefficient (Wildman–Crippen LogP) is 1.95. The van der Waals surface area contributed by atoms with Gasteiger partial charge in [0.2, 0.25) is 5.91 Å². The van der Waals surface area contributed by atoms with Gasteiger partial charge in [0.1, 0.15) is 11.4 Å². The molecule has 2 saturated heterocycles. The van der Waals surface area contributed by atoms with Crippen molar-refractivity contribution in [2.75, 3.05) is 38.7 Å². The third-order valence-electron chi connectivity index (χ3n) is 4.83. The molecule has 6 heteroatoms. The lowest BCUT2D eigenvalue weighted by molar-refractivity contribution is -0.117. The van der Waals surface area contributed by atoms with Crippen molar-refractivity contribution in [3.63, 3.8) is 0 Å². The molecular weight excluding hydrogens is 299 g/mol. The molecule has 1 N–H and O–H groups in total. The SMILES string of the molecule is CO[C@@H]1CN(CC(=O)Nc2cccc(F)c2C)C[C@]12CCCO2. The van der Waals surface area contributed by atoms with E-state index in [2.05, 4.69) is 5.32 Å². The number of nitrogens with one attached hydrogen (secondary N) is 1. The zero-order valence-corrected chi connectivity index (χ0v) is 13.6. The number of rotatable bonds is 4. The van der Waals surface area contributed by atoms with Crippen molar-refractivity contribution < 1.29 is 18.7 Å². The summed E-state index contributed by atoms with van der Waals surface area (Å²) >= 11 is 0. The van der Waals surface area contributed by atoms with Crippen LogP contribution in [-0.2, 0) is 14.3 Å². The summed E-state index contributed by atoms with van der Waals surface area (Å²) in [6.45, 7) is 4.03. The van der Waals surface area contributed by atoms with E-state index in [0.29, 0.717) is 24.3 Å². The Balaban J connectivity index is 1.61. The minimum absolute atomic E-state index is 0.00583. The summed E-state index contributed by atoms with van der Waals surface area (Å²) in [5.41, 5.74) is 0.695. The minimum Gasteiger partial charge on any atom is -0.377 e. The molecule has 23 heavy (non-hydrogen) atoms. The third-order valence-corrected chi connectivity index (χ3v) is 4.83. The van der Waals surface area contributed by atoms with E-state index >= 15 is 0 Å². The van der Waals surface area contributed by atoms with Crippen LogP contribution in [-0.4, -0.2) is 55.9 Å². The number of amides is 1. The first-order valence-electron chi connectivity index (χ1n) is 7.98. The largest absolute Gasteiger partial charge is 0.377 e. The van der Waals surface area contributed by atoms with Crippen molar-refractivity contribution >= 4 is 11.6 Å². The van der Waals surface area contributed by atoms with Crippen LogP contribution in [0.5, 0.6) is 0 Å². The van der Waals surface area contributed by atoms with E-state index in [1.54, 1.807) is 26.2 Å². The highest BCUT2D eigenvalue weighted by atomic mass is 19.1. The first kappa shape index (κ1) is 16.4. The molecule has 1 aromatic carbocycles. The standard InChI is InChI=1S/C17H23FN2O3/c1-12-13(18)5-3-6-14(12)19-16(21)10-20-9-15(22-2)17(11-20)7-4-8-23-17/h3,5-6,15H,4,7-11H2,1-2H3,(H,19,21)/t15-,17-/m1/s1. The molecule has 1 amide bonds. The molecule has 2 aliphatic heterocycles. The topological polar surface area (TPSA) is 50.8 Å². The number of carbonyl (C=O) groups is 1. The van der Waals surface area contributed by atoms with Gasteiger partial charge in [-0.05, 0) is 31.9 Å². The average Bonchev–Trinajstić information content (AvgIpc) is 3.11. The fourth-order valence-electron chi connectivity index (χ4n) is 3.59. The van der Waals surface area contributed by atoms with Crippen LogP contribution in [0.4, 0.5) is 10.1 Å². The smallest absolute Gasteiger partial charge is 0.238 e. The summed E-state index contributed by atoms with van der Waals surface area (Å²) in [5.74, 6) is -0.467. The Morgan fingerprint density at radius 2 is 2.39 bits per heavy atom. The van der Waals surface area contributed by atoms with Gasteiger partial charge in [-0.1, -0.05) is 6.07 Å². The molecule has 5 nitrogen and oxygen atoms in total. The van der Waals surface area contributed by atoms with Crippen molar-refractivity contribution in [1.29, 1.82) is 0 Å². The number of carbonyl (C=O) groups excluding carboxylic acids is 1. The second-order valence-corrected chi connectivity index (χ2v) is 6.37. The van der Waals surface area contributed by atoms with Gasteiger partial charge in [-0.2, -0.15) is 0 Å². The summed E-state index contributed by atoms with van der Waals surface area (Å²) in [5, 5.41) is 2.79. The molecular formula is C17H23FN2O3. The van der Waals surface area contributed by atoms with E-state index in [0.717, 1.165) is 19.4 Å². The Morgan fingerprint density at radius 1 is 1.57 bits per heavy atom. The molecule has 0 saturated carbocycles. The molecule has 0 aliphatic carbocycles. The highest BCUT2D eigenvalue weighted by Crippen LogP contribution is 2.36. The Bertz CT molecular complexity index is 587. The molecule has 2 aliphatic rings. The van der Waals surface area contributed by atoms with Gasteiger partial charge in [-0.3, -0.25) is 9.69 Å². The van der Waals surface area contributed by atoms with Gasteiger partial charge in [0.15, 0.2) is 0 Å². The molecule has 0 unspecified atom stereocenters. The Hall–Kier alpha value is -1.50.